The molecule has 2 N–H and O–H groups in total. The summed E-state index contributed by atoms with van der Waals surface area (Å²) in [5.74, 6) is 1.09. The highest BCUT2D eigenvalue weighted by atomic mass is 16.5. The predicted octanol–water partition coefficient (Wildman–Crippen LogP) is 6.15. The Bertz CT molecular complexity index is 1090. The molecular formula is C33H49N3O3. The number of carbonyl (C=O) groups excluding carboxylic acids is 1. The summed E-state index contributed by atoms with van der Waals surface area (Å²) in [6, 6.07) is 15.2. The van der Waals surface area contributed by atoms with Crippen LogP contribution >= 0.6 is 0 Å². The number of hydrogen-bond donors (Lipinski definition) is 2. The number of likely N-dealkylation sites (tertiary alicyclic amines) is 1. The van der Waals surface area contributed by atoms with Crippen molar-refractivity contribution in [1.82, 2.24) is 4.90 Å². The highest BCUT2D eigenvalue weighted by Crippen LogP contribution is 2.30. The van der Waals surface area contributed by atoms with Gasteiger partial charge >= 0.3 is 0 Å². The topological polar surface area (TPSA) is 65.0 Å². The van der Waals surface area contributed by atoms with Crippen LogP contribution in [-0.2, 0) is 22.7 Å². The third-order valence-electron chi connectivity index (χ3n) is 8.28. The van der Waals surface area contributed by atoms with E-state index in [0.29, 0.717) is 19.3 Å². The van der Waals surface area contributed by atoms with Crippen molar-refractivity contribution >= 4 is 17.3 Å². The smallest absolute Gasteiger partial charge is 0.229 e. The molecular weight excluding hydrogens is 486 g/mol. The maximum Gasteiger partial charge on any atom is 0.229 e. The summed E-state index contributed by atoms with van der Waals surface area (Å²) in [5, 5.41) is 13.5. The molecule has 0 aromatic heterocycles. The van der Waals surface area contributed by atoms with Gasteiger partial charge in [0.15, 0.2) is 0 Å². The first kappa shape index (κ1) is 29.6. The number of aryl methyl sites for hydroxylation is 1. The molecule has 2 aromatic rings. The molecule has 0 bridgehead atoms. The molecule has 1 aliphatic heterocycles. The first-order valence-corrected chi connectivity index (χ1v) is 14.8. The van der Waals surface area contributed by atoms with Crippen LogP contribution in [0.4, 0.5) is 11.4 Å². The maximum atomic E-state index is 13.4. The van der Waals surface area contributed by atoms with Crippen molar-refractivity contribution in [3.8, 4) is 0 Å². The number of carbonyl (C=O) groups is 1. The number of aliphatic hydroxyl groups is 1. The number of amides is 1. The fourth-order valence-electron chi connectivity index (χ4n) is 6.03. The second-order valence-corrected chi connectivity index (χ2v) is 12.7. The quantitative estimate of drug-likeness (QED) is 0.382. The zero-order valence-corrected chi connectivity index (χ0v) is 24.7. The Kier molecular flexibility index (Phi) is 10.1. The maximum absolute atomic E-state index is 13.4. The van der Waals surface area contributed by atoms with Crippen molar-refractivity contribution < 1.29 is 14.6 Å². The van der Waals surface area contributed by atoms with Gasteiger partial charge in [0.2, 0.25) is 5.91 Å². The zero-order chi connectivity index (χ0) is 28.0. The Morgan fingerprint density at radius 3 is 2.59 bits per heavy atom. The monoisotopic (exact) mass is 535 g/mol. The lowest BCUT2D eigenvalue weighted by molar-refractivity contribution is -0.123. The molecule has 2 aliphatic rings. The van der Waals surface area contributed by atoms with Crippen LogP contribution < -0.4 is 10.2 Å². The van der Waals surface area contributed by atoms with Crippen LogP contribution in [-0.4, -0.2) is 54.3 Å². The summed E-state index contributed by atoms with van der Waals surface area (Å²) in [6.45, 7) is 12.2. The molecule has 1 atom stereocenters. The van der Waals surface area contributed by atoms with Gasteiger partial charge in [-0.1, -0.05) is 25.1 Å². The molecule has 6 heteroatoms. The Morgan fingerprint density at radius 2 is 1.90 bits per heavy atom. The van der Waals surface area contributed by atoms with E-state index in [4.69, 9.17) is 4.74 Å². The lowest BCUT2D eigenvalue weighted by Gasteiger charge is -2.32. The SMILES string of the molecule is Cc1cc(N(C)C(=O)C2CCC(Nc3cccc(COCC(C)(C)O)c3)CC2)ccc1CN1CCC[C@@H](C)C1. The molecule has 0 spiro atoms. The Morgan fingerprint density at radius 1 is 1.13 bits per heavy atom. The highest BCUT2D eigenvalue weighted by Gasteiger charge is 2.29. The summed E-state index contributed by atoms with van der Waals surface area (Å²) < 4.78 is 5.66. The molecule has 214 valence electrons. The van der Waals surface area contributed by atoms with Gasteiger partial charge in [-0.15, -0.1) is 0 Å². The van der Waals surface area contributed by atoms with Gasteiger partial charge in [0.05, 0.1) is 18.8 Å². The number of piperidine rings is 1. The lowest BCUT2D eigenvalue weighted by Crippen LogP contribution is -2.37. The third-order valence-corrected chi connectivity index (χ3v) is 8.28. The summed E-state index contributed by atoms with van der Waals surface area (Å²) in [6.07, 6.45) is 6.40. The van der Waals surface area contributed by atoms with Gasteiger partial charge in [-0.05, 0) is 113 Å². The van der Waals surface area contributed by atoms with E-state index in [-0.39, 0.29) is 11.8 Å². The predicted molar refractivity (Wildman–Crippen MR) is 160 cm³/mol. The van der Waals surface area contributed by atoms with Crippen molar-refractivity contribution in [2.45, 2.75) is 91.0 Å². The number of nitrogens with one attached hydrogen (secondary N) is 1. The average molecular weight is 536 g/mol. The zero-order valence-electron chi connectivity index (χ0n) is 24.7. The summed E-state index contributed by atoms with van der Waals surface area (Å²) >= 11 is 0. The van der Waals surface area contributed by atoms with Crippen molar-refractivity contribution in [2.24, 2.45) is 11.8 Å². The minimum Gasteiger partial charge on any atom is -0.388 e. The fraction of sp³-hybridized carbons (Fsp3) is 0.606. The third kappa shape index (κ3) is 8.79. The second-order valence-electron chi connectivity index (χ2n) is 12.7. The molecule has 0 radical (unpaired) electrons. The number of rotatable bonds is 10. The molecule has 4 rings (SSSR count). The van der Waals surface area contributed by atoms with Crippen LogP contribution in [0, 0.1) is 18.8 Å². The van der Waals surface area contributed by atoms with Gasteiger partial charge in [0, 0.05) is 43.5 Å². The van der Waals surface area contributed by atoms with Gasteiger partial charge in [-0.25, -0.2) is 0 Å². The Balaban J connectivity index is 1.25. The van der Waals surface area contributed by atoms with E-state index in [1.807, 2.05) is 24.1 Å². The molecule has 1 saturated carbocycles. The molecule has 1 heterocycles. The molecule has 1 aliphatic carbocycles. The Hall–Kier alpha value is -2.41. The van der Waals surface area contributed by atoms with Crippen molar-refractivity contribution in [3.05, 3.63) is 59.2 Å². The van der Waals surface area contributed by atoms with E-state index in [1.54, 1.807) is 13.8 Å². The van der Waals surface area contributed by atoms with Crippen LogP contribution in [0.1, 0.15) is 76.0 Å². The van der Waals surface area contributed by atoms with E-state index in [0.717, 1.165) is 55.1 Å². The van der Waals surface area contributed by atoms with Gasteiger partial charge < -0.3 is 20.1 Å². The second kappa shape index (κ2) is 13.3. The standard InChI is InChI=1S/C33H49N3O3/c1-24-8-7-17-36(20-24)21-28-13-16-31(18-25(28)2)35(5)32(37)27-11-14-29(15-12-27)34-30-10-6-9-26(19-30)22-39-23-33(3,4)38/h6,9-10,13,16,18-19,24,27,29,34,38H,7-8,11-12,14-15,17,20-23H2,1-5H3/t24-,27?,29?/m1/s1. The van der Waals surface area contributed by atoms with Gasteiger partial charge in [-0.2, -0.15) is 0 Å². The lowest BCUT2D eigenvalue weighted by atomic mass is 9.85. The molecule has 1 amide bonds. The minimum atomic E-state index is -0.825. The van der Waals surface area contributed by atoms with Crippen LogP contribution in [0.5, 0.6) is 0 Å². The van der Waals surface area contributed by atoms with Crippen LogP contribution in [0.25, 0.3) is 0 Å². The van der Waals surface area contributed by atoms with Crippen LogP contribution in [0.3, 0.4) is 0 Å². The van der Waals surface area contributed by atoms with Gasteiger partial charge in [0.1, 0.15) is 0 Å². The van der Waals surface area contributed by atoms with Crippen molar-refractivity contribution in [2.75, 3.05) is 37.0 Å². The van der Waals surface area contributed by atoms with E-state index in [2.05, 4.69) is 54.4 Å². The number of anilines is 2. The fourth-order valence-corrected chi connectivity index (χ4v) is 6.03. The van der Waals surface area contributed by atoms with Crippen molar-refractivity contribution in [3.63, 3.8) is 0 Å². The van der Waals surface area contributed by atoms with E-state index in [9.17, 15) is 9.90 Å². The number of ether oxygens (including phenoxy) is 1. The summed E-state index contributed by atoms with van der Waals surface area (Å²) in [5.41, 5.74) is 4.98. The normalized spacial score (nSPS) is 22.5. The molecule has 0 unspecified atom stereocenters. The first-order valence-electron chi connectivity index (χ1n) is 14.8. The molecule has 2 fully saturated rings. The van der Waals surface area contributed by atoms with E-state index < -0.39 is 5.60 Å². The Labute approximate surface area is 235 Å². The number of hydrogen-bond acceptors (Lipinski definition) is 5. The molecule has 1 saturated heterocycles. The minimum absolute atomic E-state index is 0.0736. The molecule has 6 nitrogen and oxygen atoms in total. The van der Waals surface area contributed by atoms with E-state index in [1.165, 1.54) is 37.1 Å². The van der Waals surface area contributed by atoms with Gasteiger partial charge in [-0.3, -0.25) is 9.69 Å². The molecule has 39 heavy (non-hydrogen) atoms. The van der Waals surface area contributed by atoms with Crippen molar-refractivity contribution in [1.29, 1.82) is 0 Å². The first-order chi connectivity index (χ1) is 18.6. The largest absolute Gasteiger partial charge is 0.388 e. The average Bonchev–Trinajstić information content (AvgIpc) is 2.89. The number of nitrogens with zero attached hydrogens (tertiary/aromatic N) is 2. The highest BCUT2D eigenvalue weighted by molar-refractivity contribution is 5.94. The number of benzene rings is 2. The van der Waals surface area contributed by atoms with Crippen LogP contribution in [0.2, 0.25) is 0 Å². The summed E-state index contributed by atoms with van der Waals surface area (Å²) in [4.78, 5) is 17.8. The summed E-state index contributed by atoms with van der Waals surface area (Å²) in [7, 11) is 1.93. The van der Waals surface area contributed by atoms with Crippen LogP contribution in [0.15, 0.2) is 42.5 Å². The van der Waals surface area contributed by atoms with E-state index >= 15 is 0 Å². The molecule has 2 aromatic carbocycles. The van der Waals surface area contributed by atoms with Gasteiger partial charge in [0.25, 0.3) is 0 Å².